The van der Waals surface area contributed by atoms with Gasteiger partial charge in [0.1, 0.15) is 0 Å². The second kappa shape index (κ2) is 6.73. The number of hydrogen-bond acceptors (Lipinski definition) is 3. The Hall–Kier alpha value is -1.32. The molecule has 2 aromatic rings. The van der Waals surface area contributed by atoms with Gasteiger partial charge in [-0.25, -0.2) is 0 Å². The van der Waals surface area contributed by atoms with Gasteiger partial charge >= 0.3 is 0 Å². The van der Waals surface area contributed by atoms with Gasteiger partial charge in [-0.05, 0) is 35.2 Å². The minimum Gasteiger partial charge on any atom is -0.329 e. The Balaban J connectivity index is 2.10. The lowest BCUT2D eigenvalue weighted by Gasteiger charge is -2.15. The Labute approximate surface area is 119 Å². The van der Waals surface area contributed by atoms with Crippen molar-refractivity contribution < 1.29 is 0 Å². The lowest BCUT2D eigenvalue weighted by atomic mass is 10.0. The molecule has 0 amide bonds. The van der Waals surface area contributed by atoms with Gasteiger partial charge in [0.05, 0.1) is 0 Å². The first-order valence-electron chi connectivity index (χ1n) is 6.57. The van der Waals surface area contributed by atoms with E-state index in [0.717, 1.165) is 0 Å². The topological polar surface area (TPSA) is 38.9 Å². The average molecular weight is 272 g/mol. The van der Waals surface area contributed by atoms with Crippen LogP contribution in [0.5, 0.6) is 0 Å². The fourth-order valence-electron chi connectivity index (χ4n) is 1.91. The van der Waals surface area contributed by atoms with E-state index in [-0.39, 0.29) is 5.25 Å². The van der Waals surface area contributed by atoms with E-state index in [0.29, 0.717) is 12.5 Å². The zero-order chi connectivity index (χ0) is 13.7. The Morgan fingerprint density at radius 1 is 1.11 bits per heavy atom. The van der Waals surface area contributed by atoms with Crippen molar-refractivity contribution in [1.82, 2.24) is 4.98 Å². The van der Waals surface area contributed by atoms with Crippen molar-refractivity contribution in [3.63, 3.8) is 0 Å². The number of benzene rings is 1. The summed E-state index contributed by atoms with van der Waals surface area (Å²) < 4.78 is 0. The summed E-state index contributed by atoms with van der Waals surface area (Å²) in [5.41, 5.74) is 8.44. The van der Waals surface area contributed by atoms with Crippen LogP contribution in [0.4, 0.5) is 0 Å². The third-order valence-corrected chi connectivity index (χ3v) is 4.39. The molecular formula is C16H20N2S. The van der Waals surface area contributed by atoms with Crippen molar-refractivity contribution >= 4 is 11.8 Å². The Bertz CT molecular complexity index is 494. The van der Waals surface area contributed by atoms with E-state index < -0.39 is 0 Å². The zero-order valence-electron chi connectivity index (χ0n) is 11.4. The minimum atomic E-state index is 0.263. The number of aromatic nitrogens is 1. The number of nitrogens with two attached hydrogens (primary N) is 1. The van der Waals surface area contributed by atoms with Crippen molar-refractivity contribution in [2.45, 2.75) is 29.9 Å². The van der Waals surface area contributed by atoms with Crippen LogP contribution in [-0.4, -0.2) is 11.5 Å². The molecule has 3 heteroatoms. The SMILES string of the molecule is CC(C)c1ccc(SC(CN)c2cccnc2)cc1. The van der Waals surface area contributed by atoms with Gasteiger partial charge in [-0.1, -0.05) is 32.0 Å². The van der Waals surface area contributed by atoms with Gasteiger partial charge in [-0.15, -0.1) is 11.8 Å². The van der Waals surface area contributed by atoms with Gasteiger partial charge in [0.2, 0.25) is 0 Å². The number of rotatable bonds is 5. The van der Waals surface area contributed by atoms with Crippen LogP contribution in [0.3, 0.4) is 0 Å². The molecule has 0 spiro atoms. The normalized spacial score (nSPS) is 12.6. The Morgan fingerprint density at radius 2 is 1.84 bits per heavy atom. The average Bonchev–Trinajstić information content (AvgIpc) is 2.46. The first-order valence-corrected chi connectivity index (χ1v) is 7.45. The molecule has 19 heavy (non-hydrogen) atoms. The molecule has 2 N–H and O–H groups in total. The van der Waals surface area contributed by atoms with Crippen LogP contribution >= 0.6 is 11.8 Å². The van der Waals surface area contributed by atoms with E-state index in [1.54, 1.807) is 18.0 Å². The molecule has 100 valence electrons. The lowest BCUT2D eigenvalue weighted by molar-refractivity contribution is 0.864. The van der Waals surface area contributed by atoms with Crippen LogP contribution < -0.4 is 5.73 Å². The third kappa shape index (κ3) is 3.82. The molecule has 1 heterocycles. The summed E-state index contributed by atoms with van der Waals surface area (Å²) in [5.74, 6) is 0.572. The molecular weight excluding hydrogens is 252 g/mol. The van der Waals surface area contributed by atoms with Crippen molar-refractivity contribution in [2.75, 3.05) is 6.54 Å². The summed E-state index contributed by atoms with van der Waals surface area (Å²) in [6.45, 7) is 5.03. The number of hydrogen-bond donors (Lipinski definition) is 1. The van der Waals surface area contributed by atoms with Gasteiger partial charge in [-0.2, -0.15) is 0 Å². The van der Waals surface area contributed by atoms with Gasteiger partial charge in [0.15, 0.2) is 0 Å². The highest BCUT2D eigenvalue weighted by atomic mass is 32.2. The highest BCUT2D eigenvalue weighted by Gasteiger charge is 2.11. The molecule has 0 saturated carbocycles. The maximum Gasteiger partial charge on any atom is 0.0482 e. The highest BCUT2D eigenvalue weighted by Crippen LogP contribution is 2.34. The highest BCUT2D eigenvalue weighted by molar-refractivity contribution is 7.99. The molecule has 1 aromatic carbocycles. The van der Waals surface area contributed by atoms with Crippen LogP contribution in [0.2, 0.25) is 0 Å². The van der Waals surface area contributed by atoms with E-state index in [2.05, 4.69) is 49.2 Å². The predicted octanol–water partition coefficient (Wildman–Crippen LogP) is 4.00. The standard InChI is InChI=1S/C16H20N2S/c1-12(2)13-5-7-15(8-6-13)19-16(10-17)14-4-3-9-18-11-14/h3-9,11-12,16H,10,17H2,1-2H3. The number of pyridine rings is 1. The van der Waals surface area contributed by atoms with Gasteiger partial charge in [-0.3, -0.25) is 4.98 Å². The van der Waals surface area contributed by atoms with E-state index in [1.807, 2.05) is 12.3 Å². The fourth-order valence-corrected chi connectivity index (χ4v) is 2.91. The van der Waals surface area contributed by atoms with Crippen LogP contribution in [0.15, 0.2) is 53.7 Å². The summed E-state index contributed by atoms with van der Waals surface area (Å²) >= 11 is 1.80. The maximum absolute atomic E-state index is 5.88. The minimum absolute atomic E-state index is 0.263. The van der Waals surface area contributed by atoms with Crippen LogP contribution in [-0.2, 0) is 0 Å². The van der Waals surface area contributed by atoms with Crippen molar-refractivity contribution in [2.24, 2.45) is 5.73 Å². The van der Waals surface area contributed by atoms with Crippen molar-refractivity contribution in [3.8, 4) is 0 Å². The number of nitrogens with zero attached hydrogens (tertiary/aromatic N) is 1. The van der Waals surface area contributed by atoms with E-state index >= 15 is 0 Å². The molecule has 0 fully saturated rings. The third-order valence-electron chi connectivity index (χ3n) is 3.10. The monoisotopic (exact) mass is 272 g/mol. The summed E-state index contributed by atoms with van der Waals surface area (Å²) in [7, 11) is 0. The quantitative estimate of drug-likeness (QED) is 0.836. The lowest BCUT2D eigenvalue weighted by Crippen LogP contribution is -2.09. The molecule has 2 rings (SSSR count). The first kappa shape index (κ1) is 14.1. The summed E-state index contributed by atoms with van der Waals surface area (Å²) in [5, 5.41) is 0.263. The molecule has 1 unspecified atom stereocenters. The van der Waals surface area contributed by atoms with Gasteiger partial charge in [0, 0.05) is 29.1 Å². The summed E-state index contributed by atoms with van der Waals surface area (Å²) in [4.78, 5) is 5.42. The predicted molar refractivity (Wildman–Crippen MR) is 82.4 cm³/mol. The van der Waals surface area contributed by atoms with Crippen LogP contribution in [0.25, 0.3) is 0 Å². The van der Waals surface area contributed by atoms with Gasteiger partial charge in [0.25, 0.3) is 0 Å². The summed E-state index contributed by atoms with van der Waals surface area (Å²) in [6, 6.07) is 12.8. The zero-order valence-corrected chi connectivity index (χ0v) is 12.2. The molecule has 1 atom stereocenters. The van der Waals surface area contributed by atoms with Crippen LogP contribution in [0, 0.1) is 0 Å². The fraction of sp³-hybridized carbons (Fsp3) is 0.312. The van der Waals surface area contributed by atoms with Crippen molar-refractivity contribution in [3.05, 3.63) is 59.9 Å². The molecule has 0 saturated heterocycles. The Kier molecular flexibility index (Phi) is 5.00. The smallest absolute Gasteiger partial charge is 0.0482 e. The largest absolute Gasteiger partial charge is 0.329 e. The molecule has 2 nitrogen and oxygen atoms in total. The molecule has 0 aliphatic heterocycles. The maximum atomic E-state index is 5.88. The molecule has 0 aliphatic carbocycles. The van der Waals surface area contributed by atoms with Crippen molar-refractivity contribution in [1.29, 1.82) is 0 Å². The van der Waals surface area contributed by atoms with E-state index in [9.17, 15) is 0 Å². The second-order valence-corrected chi connectivity index (χ2v) is 6.13. The molecule has 0 radical (unpaired) electrons. The van der Waals surface area contributed by atoms with E-state index in [1.165, 1.54) is 16.0 Å². The summed E-state index contributed by atoms with van der Waals surface area (Å²) in [6.07, 6.45) is 3.69. The van der Waals surface area contributed by atoms with E-state index in [4.69, 9.17) is 5.73 Å². The van der Waals surface area contributed by atoms with Gasteiger partial charge < -0.3 is 5.73 Å². The molecule has 0 aliphatic rings. The number of thioether (sulfide) groups is 1. The second-order valence-electron chi connectivity index (χ2n) is 4.85. The van der Waals surface area contributed by atoms with Crippen LogP contribution in [0.1, 0.15) is 36.1 Å². The first-order chi connectivity index (χ1) is 9.20. The molecule has 1 aromatic heterocycles. The Morgan fingerprint density at radius 3 is 2.37 bits per heavy atom. The molecule has 0 bridgehead atoms.